The molecule has 0 amide bonds. The number of hydrogen-bond acceptors (Lipinski definition) is 1. The zero-order valence-corrected chi connectivity index (χ0v) is 13.0. The van der Waals surface area contributed by atoms with Crippen LogP contribution in [-0.4, -0.2) is 5.60 Å². The summed E-state index contributed by atoms with van der Waals surface area (Å²) in [7, 11) is 0. The van der Waals surface area contributed by atoms with Gasteiger partial charge in [-0.25, -0.2) is 0 Å². The minimum absolute atomic E-state index is 0.0303. The minimum atomic E-state index is 0.0303. The quantitative estimate of drug-likeness (QED) is 0.657. The van der Waals surface area contributed by atoms with Crippen molar-refractivity contribution in [1.29, 1.82) is 0 Å². The lowest BCUT2D eigenvalue weighted by Gasteiger charge is -2.53. The van der Waals surface area contributed by atoms with Gasteiger partial charge in [0.25, 0.3) is 0 Å². The SMILES string of the molecule is CC1(C)CCC[C@@]2(C)Oc3ccc(Br)cc3C[C@H]12. The van der Waals surface area contributed by atoms with Crippen molar-refractivity contribution in [3.8, 4) is 5.75 Å². The molecule has 1 nitrogen and oxygen atoms in total. The van der Waals surface area contributed by atoms with Crippen LogP contribution in [0.1, 0.15) is 45.6 Å². The van der Waals surface area contributed by atoms with E-state index in [1.807, 2.05) is 0 Å². The van der Waals surface area contributed by atoms with Gasteiger partial charge in [0, 0.05) is 10.4 Å². The molecule has 1 aromatic rings. The zero-order chi connectivity index (χ0) is 13.0. The summed E-state index contributed by atoms with van der Waals surface area (Å²) in [5.41, 5.74) is 1.78. The standard InChI is InChI=1S/C16H21BrO/c1-15(2)7-4-8-16(3)14(15)10-11-9-12(17)5-6-13(11)18-16/h5-6,9,14H,4,7-8,10H2,1-3H3/t14-,16-/m1/s1. The van der Waals surface area contributed by atoms with Gasteiger partial charge in [-0.15, -0.1) is 0 Å². The van der Waals surface area contributed by atoms with Crippen LogP contribution in [0, 0.1) is 11.3 Å². The van der Waals surface area contributed by atoms with Crippen LogP contribution in [0.15, 0.2) is 22.7 Å². The van der Waals surface area contributed by atoms with Crippen LogP contribution >= 0.6 is 15.9 Å². The van der Waals surface area contributed by atoms with E-state index in [4.69, 9.17) is 4.74 Å². The summed E-state index contributed by atoms with van der Waals surface area (Å²) in [6, 6.07) is 6.42. The number of hydrogen-bond donors (Lipinski definition) is 0. The molecule has 0 N–H and O–H groups in total. The van der Waals surface area contributed by atoms with Gasteiger partial charge in [0.15, 0.2) is 0 Å². The first-order valence-corrected chi connectivity index (χ1v) is 7.67. The molecular formula is C16H21BrO. The summed E-state index contributed by atoms with van der Waals surface area (Å²) < 4.78 is 7.55. The van der Waals surface area contributed by atoms with Crippen LogP contribution < -0.4 is 4.74 Å². The summed E-state index contributed by atoms with van der Waals surface area (Å²) in [6.07, 6.45) is 4.95. The molecule has 0 radical (unpaired) electrons. The summed E-state index contributed by atoms with van der Waals surface area (Å²) in [5, 5.41) is 0. The summed E-state index contributed by atoms with van der Waals surface area (Å²) in [6.45, 7) is 7.12. The maximum Gasteiger partial charge on any atom is 0.123 e. The molecule has 0 bridgehead atoms. The topological polar surface area (TPSA) is 9.23 Å². The summed E-state index contributed by atoms with van der Waals surface area (Å²) in [4.78, 5) is 0. The molecule has 0 unspecified atom stereocenters. The Morgan fingerprint density at radius 2 is 2.00 bits per heavy atom. The van der Waals surface area contributed by atoms with E-state index in [1.165, 1.54) is 24.8 Å². The third-order valence-electron chi connectivity index (χ3n) is 4.96. The third-order valence-corrected chi connectivity index (χ3v) is 5.46. The van der Waals surface area contributed by atoms with E-state index in [2.05, 4.69) is 54.9 Å². The predicted molar refractivity (Wildman–Crippen MR) is 78.0 cm³/mol. The number of rotatable bonds is 0. The van der Waals surface area contributed by atoms with Crippen molar-refractivity contribution in [1.82, 2.24) is 0 Å². The largest absolute Gasteiger partial charge is 0.487 e. The molecule has 1 aromatic carbocycles. The molecular weight excluding hydrogens is 288 g/mol. The highest BCUT2D eigenvalue weighted by Crippen LogP contribution is 2.53. The third kappa shape index (κ3) is 1.89. The van der Waals surface area contributed by atoms with Gasteiger partial charge in [0.2, 0.25) is 0 Å². The summed E-state index contributed by atoms with van der Waals surface area (Å²) in [5.74, 6) is 1.72. The van der Waals surface area contributed by atoms with Crippen molar-refractivity contribution in [3.63, 3.8) is 0 Å². The van der Waals surface area contributed by atoms with Crippen LogP contribution in [0.4, 0.5) is 0 Å². The van der Waals surface area contributed by atoms with E-state index in [-0.39, 0.29) is 5.60 Å². The fourth-order valence-electron chi connectivity index (χ4n) is 3.96. The fourth-order valence-corrected chi connectivity index (χ4v) is 4.37. The van der Waals surface area contributed by atoms with Crippen LogP contribution in [0.3, 0.4) is 0 Å². The van der Waals surface area contributed by atoms with Gasteiger partial charge in [-0.05, 0) is 61.8 Å². The van der Waals surface area contributed by atoms with Crippen molar-refractivity contribution < 1.29 is 4.74 Å². The number of halogens is 1. The number of ether oxygens (including phenoxy) is 1. The maximum atomic E-state index is 6.39. The Balaban J connectivity index is 2.04. The molecule has 3 rings (SSSR count). The number of fused-ring (bicyclic) bond motifs is 2. The Labute approximate surface area is 118 Å². The smallest absolute Gasteiger partial charge is 0.123 e. The molecule has 1 aliphatic carbocycles. The van der Waals surface area contributed by atoms with Gasteiger partial charge in [-0.3, -0.25) is 0 Å². The van der Waals surface area contributed by atoms with E-state index in [1.54, 1.807) is 0 Å². The Morgan fingerprint density at radius 1 is 1.22 bits per heavy atom. The Bertz CT molecular complexity index is 480. The molecule has 0 aromatic heterocycles. The molecule has 2 atom stereocenters. The Morgan fingerprint density at radius 3 is 2.78 bits per heavy atom. The normalized spacial score (nSPS) is 33.2. The number of benzene rings is 1. The second-order valence-electron chi connectivity index (χ2n) is 6.77. The maximum absolute atomic E-state index is 6.39. The van der Waals surface area contributed by atoms with Gasteiger partial charge in [0.1, 0.15) is 11.4 Å². The van der Waals surface area contributed by atoms with Crippen molar-refractivity contribution >= 4 is 15.9 Å². The van der Waals surface area contributed by atoms with Gasteiger partial charge in [-0.2, -0.15) is 0 Å². The highest BCUT2D eigenvalue weighted by Gasteiger charge is 2.50. The predicted octanol–water partition coefficient (Wildman–Crippen LogP) is 4.97. The lowest BCUT2D eigenvalue weighted by atomic mass is 9.59. The van der Waals surface area contributed by atoms with E-state index >= 15 is 0 Å². The van der Waals surface area contributed by atoms with Crippen LogP contribution in [0.25, 0.3) is 0 Å². The first-order valence-electron chi connectivity index (χ1n) is 6.88. The summed E-state index contributed by atoms with van der Waals surface area (Å²) >= 11 is 3.56. The van der Waals surface area contributed by atoms with Gasteiger partial charge in [0.05, 0.1) is 0 Å². The van der Waals surface area contributed by atoms with Gasteiger partial charge in [-0.1, -0.05) is 29.8 Å². The van der Waals surface area contributed by atoms with Gasteiger partial charge >= 0.3 is 0 Å². The van der Waals surface area contributed by atoms with E-state index in [9.17, 15) is 0 Å². The average molecular weight is 309 g/mol. The molecule has 1 saturated carbocycles. The molecule has 2 heteroatoms. The highest BCUT2D eigenvalue weighted by molar-refractivity contribution is 9.10. The molecule has 1 fully saturated rings. The van der Waals surface area contributed by atoms with E-state index in [0.717, 1.165) is 16.6 Å². The average Bonchev–Trinajstić information content (AvgIpc) is 2.27. The van der Waals surface area contributed by atoms with Crippen LogP contribution in [-0.2, 0) is 6.42 Å². The molecule has 98 valence electrons. The zero-order valence-electron chi connectivity index (χ0n) is 11.4. The lowest BCUT2D eigenvalue weighted by molar-refractivity contribution is -0.0815. The van der Waals surface area contributed by atoms with Crippen molar-refractivity contribution in [2.75, 3.05) is 0 Å². The van der Waals surface area contributed by atoms with Crippen molar-refractivity contribution in [2.45, 2.75) is 52.1 Å². The molecule has 0 spiro atoms. The van der Waals surface area contributed by atoms with E-state index in [0.29, 0.717) is 11.3 Å². The van der Waals surface area contributed by atoms with Crippen LogP contribution in [0.2, 0.25) is 0 Å². The fraction of sp³-hybridized carbons (Fsp3) is 0.625. The van der Waals surface area contributed by atoms with Crippen LogP contribution in [0.5, 0.6) is 5.75 Å². The molecule has 0 saturated heterocycles. The molecule has 1 heterocycles. The Hall–Kier alpha value is -0.500. The minimum Gasteiger partial charge on any atom is -0.487 e. The lowest BCUT2D eigenvalue weighted by Crippen LogP contribution is -2.53. The first-order chi connectivity index (χ1) is 8.41. The van der Waals surface area contributed by atoms with Crippen molar-refractivity contribution in [3.05, 3.63) is 28.2 Å². The molecule has 2 aliphatic rings. The molecule has 1 aliphatic heterocycles. The first kappa shape index (κ1) is 12.5. The van der Waals surface area contributed by atoms with Gasteiger partial charge < -0.3 is 4.74 Å². The second kappa shape index (κ2) is 4.00. The molecule has 18 heavy (non-hydrogen) atoms. The Kier molecular flexibility index (Phi) is 2.78. The van der Waals surface area contributed by atoms with Crippen molar-refractivity contribution in [2.24, 2.45) is 11.3 Å². The monoisotopic (exact) mass is 308 g/mol. The highest BCUT2D eigenvalue weighted by atomic mass is 79.9. The second-order valence-corrected chi connectivity index (χ2v) is 7.68. The van der Waals surface area contributed by atoms with E-state index < -0.39 is 0 Å².